The Morgan fingerprint density at radius 3 is 2.64 bits per heavy atom. The Hall–Kier alpha value is -1.46. The molecule has 1 aromatic carbocycles. The minimum Gasteiger partial charge on any atom is -0.365 e. The number of fused-ring (bicyclic) bond motifs is 1. The predicted molar refractivity (Wildman–Crippen MR) is 79.7 cm³/mol. The average molecular weight is 304 g/mol. The predicted octanol–water partition coefficient (Wildman–Crippen LogP) is 1.79. The summed E-state index contributed by atoms with van der Waals surface area (Å²) in [6.45, 7) is 2.55. The van der Waals surface area contributed by atoms with Gasteiger partial charge in [0, 0.05) is 25.7 Å². The van der Waals surface area contributed by atoms with E-state index in [1.54, 1.807) is 12.1 Å². The fraction of sp³-hybridized carbons (Fsp3) is 0.588. The summed E-state index contributed by atoms with van der Waals surface area (Å²) >= 11 is 0. The van der Waals surface area contributed by atoms with Crippen LogP contribution in [0, 0.1) is 5.82 Å². The minimum atomic E-state index is -0.244. The fourth-order valence-corrected chi connectivity index (χ4v) is 3.74. The largest absolute Gasteiger partial charge is 0.365 e. The Labute approximate surface area is 129 Å². The van der Waals surface area contributed by atoms with E-state index in [0.29, 0.717) is 12.6 Å². The molecule has 0 aromatic heterocycles. The molecule has 1 saturated carbocycles. The molecule has 0 N–H and O–H groups in total. The fourth-order valence-electron chi connectivity index (χ4n) is 3.74. The summed E-state index contributed by atoms with van der Waals surface area (Å²) in [7, 11) is 0. The van der Waals surface area contributed by atoms with Crippen molar-refractivity contribution in [3.63, 3.8) is 0 Å². The monoisotopic (exact) mass is 304 g/mol. The summed E-state index contributed by atoms with van der Waals surface area (Å²) in [5.41, 5.74) is 0.970. The van der Waals surface area contributed by atoms with Crippen LogP contribution in [0.4, 0.5) is 4.39 Å². The first kappa shape index (κ1) is 14.2. The van der Waals surface area contributed by atoms with Gasteiger partial charge in [-0.05, 0) is 30.5 Å². The van der Waals surface area contributed by atoms with Gasteiger partial charge in [-0.25, -0.2) is 4.39 Å². The molecule has 2 heterocycles. The van der Waals surface area contributed by atoms with Crippen LogP contribution in [-0.2, 0) is 16.1 Å². The molecule has 4 nitrogen and oxygen atoms in total. The van der Waals surface area contributed by atoms with Crippen molar-refractivity contribution >= 4 is 5.91 Å². The number of amides is 1. The molecule has 1 amide bonds. The highest BCUT2D eigenvalue weighted by molar-refractivity contribution is 5.78. The van der Waals surface area contributed by atoms with Crippen molar-refractivity contribution in [1.29, 1.82) is 0 Å². The van der Waals surface area contributed by atoms with Crippen molar-refractivity contribution in [3.05, 3.63) is 35.6 Å². The number of likely N-dealkylation sites (tertiary alicyclic amines) is 1. The van der Waals surface area contributed by atoms with Gasteiger partial charge in [0.05, 0.1) is 12.1 Å². The maximum atomic E-state index is 13.0. The number of benzene rings is 1. The average Bonchev–Trinajstić information content (AvgIpc) is 2.86. The van der Waals surface area contributed by atoms with Crippen molar-refractivity contribution in [1.82, 2.24) is 9.80 Å². The molecule has 2 saturated heterocycles. The number of hydrogen-bond acceptors (Lipinski definition) is 3. The van der Waals surface area contributed by atoms with Crippen LogP contribution >= 0.6 is 0 Å². The highest BCUT2D eigenvalue weighted by Crippen LogP contribution is 2.32. The smallest absolute Gasteiger partial charge is 0.249 e. The number of ether oxygens (including phenoxy) is 1. The molecule has 2 unspecified atom stereocenters. The Morgan fingerprint density at radius 1 is 1.18 bits per heavy atom. The van der Waals surface area contributed by atoms with E-state index in [-0.39, 0.29) is 30.5 Å². The van der Waals surface area contributed by atoms with E-state index in [4.69, 9.17) is 4.74 Å². The lowest BCUT2D eigenvalue weighted by Gasteiger charge is -2.37. The van der Waals surface area contributed by atoms with E-state index in [1.165, 1.54) is 31.4 Å². The normalized spacial score (nSPS) is 29.5. The summed E-state index contributed by atoms with van der Waals surface area (Å²) in [5.74, 6) is -0.201. The molecule has 3 fully saturated rings. The molecule has 4 rings (SSSR count). The minimum absolute atomic E-state index is 0.0426. The molecule has 3 aliphatic rings. The van der Waals surface area contributed by atoms with Crippen molar-refractivity contribution in [2.24, 2.45) is 0 Å². The molecule has 0 radical (unpaired) electrons. The molecular weight excluding hydrogens is 283 g/mol. The lowest BCUT2D eigenvalue weighted by atomic mass is 9.92. The van der Waals surface area contributed by atoms with E-state index in [9.17, 15) is 9.18 Å². The number of carbonyl (C=O) groups is 1. The summed E-state index contributed by atoms with van der Waals surface area (Å²) < 4.78 is 18.8. The first-order valence-corrected chi connectivity index (χ1v) is 8.10. The quantitative estimate of drug-likeness (QED) is 0.853. The first-order chi connectivity index (χ1) is 10.7. The van der Waals surface area contributed by atoms with Gasteiger partial charge in [0.25, 0.3) is 0 Å². The zero-order valence-electron chi connectivity index (χ0n) is 12.6. The van der Waals surface area contributed by atoms with Crippen molar-refractivity contribution in [2.75, 3.05) is 19.7 Å². The van der Waals surface area contributed by atoms with Crippen LogP contribution in [-0.4, -0.2) is 53.6 Å². The molecule has 22 heavy (non-hydrogen) atoms. The third-order valence-electron chi connectivity index (χ3n) is 5.26. The molecule has 5 heteroatoms. The Bertz CT molecular complexity index is 558. The Kier molecular flexibility index (Phi) is 3.62. The van der Waals surface area contributed by atoms with Gasteiger partial charge >= 0.3 is 0 Å². The summed E-state index contributed by atoms with van der Waals surface area (Å²) in [6, 6.07) is 7.22. The van der Waals surface area contributed by atoms with Crippen LogP contribution in [0.25, 0.3) is 0 Å². The Balaban J connectivity index is 1.49. The van der Waals surface area contributed by atoms with Crippen LogP contribution < -0.4 is 0 Å². The van der Waals surface area contributed by atoms with Crippen LogP contribution in [0.15, 0.2) is 24.3 Å². The zero-order chi connectivity index (χ0) is 15.1. The summed E-state index contributed by atoms with van der Waals surface area (Å²) in [6.07, 6.45) is 3.98. The molecular formula is C17H21FN2O2. The van der Waals surface area contributed by atoms with Crippen molar-refractivity contribution in [3.8, 4) is 0 Å². The zero-order valence-corrected chi connectivity index (χ0v) is 12.6. The van der Waals surface area contributed by atoms with Crippen LogP contribution in [0.5, 0.6) is 0 Å². The maximum absolute atomic E-state index is 13.0. The topological polar surface area (TPSA) is 32.8 Å². The SMILES string of the molecule is O=C1COC2CN(C3CCC3)CC2N1Cc1ccc(F)cc1. The standard InChI is InChI=1S/C17H21FN2O2/c18-13-6-4-12(5-7-13)8-20-15-9-19(14-2-1-3-14)10-16(15)22-11-17(20)21/h4-7,14-16H,1-3,8-11H2. The van der Waals surface area contributed by atoms with Gasteiger partial charge in [-0.2, -0.15) is 0 Å². The van der Waals surface area contributed by atoms with E-state index in [0.717, 1.165) is 18.7 Å². The molecule has 1 aromatic rings. The van der Waals surface area contributed by atoms with Crippen molar-refractivity contribution in [2.45, 2.75) is 44.0 Å². The maximum Gasteiger partial charge on any atom is 0.249 e. The highest BCUT2D eigenvalue weighted by atomic mass is 19.1. The molecule has 2 aliphatic heterocycles. The van der Waals surface area contributed by atoms with Crippen LogP contribution in [0.1, 0.15) is 24.8 Å². The summed E-state index contributed by atoms with van der Waals surface area (Å²) in [4.78, 5) is 16.7. The number of rotatable bonds is 3. The number of morpholine rings is 1. The van der Waals surface area contributed by atoms with E-state index < -0.39 is 0 Å². The van der Waals surface area contributed by atoms with Gasteiger partial charge in [-0.15, -0.1) is 0 Å². The number of halogens is 1. The molecule has 118 valence electrons. The lowest BCUT2D eigenvalue weighted by molar-refractivity contribution is -0.153. The number of hydrogen-bond donors (Lipinski definition) is 0. The van der Waals surface area contributed by atoms with Crippen LogP contribution in [0.2, 0.25) is 0 Å². The highest BCUT2D eigenvalue weighted by Gasteiger charge is 2.45. The Morgan fingerprint density at radius 2 is 1.95 bits per heavy atom. The van der Waals surface area contributed by atoms with Gasteiger partial charge < -0.3 is 9.64 Å². The second-order valence-corrected chi connectivity index (χ2v) is 6.60. The van der Waals surface area contributed by atoms with Gasteiger partial charge in [-0.1, -0.05) is 18.6 Å². The van der Waals surface area contributed by atoms with Gasteiger partial charge in [0.1, 0.15) is 12.4 Å². The second kappa shape index (κ2) is 5.63. The van der Waals surface area contributed by atoms with E-state index >= 15 is 0 Å². The number of nitrogens with zero attached hydrogens (tertiary/aromatic N) is 2. The second-order valence-electron chi connectivity index (χ2n) is 6.60. The van der Waals surface area contributed by atoms with Gasteiger partial charge in [0.2, 0.25) is 5.91 Å². The lowest BCUT2D eigenvalue weighted by Crippen LogP contribution is -2.53. The number of carbonyl (C=O) groups excluding carboxylic acids is 1. The third kappa shape index (κ3) is 2.52. The van der Waals surface area contributed by atoms with Crippen LogP contribution in [0.3, 0.4) is 0 Å². The van der Waals surface area contributed by atoms with Crippen molar-refractivity contribution < 1.29 is 13.9 Å². The third-order valence-corrected chi connectivity index (χ3v) is 5.26. The first-order valence-electron chi connectivity index (χ1n) is 8.10. The molecule has 0 spiro atoms. The van der Waals surface area contributed by atoms with Gasteiger partial charge in [-0.3, -0.25) is 9.69 Å². The molecule has 2 atom stereocenters. The van der Waals surface area contributed by atoms with E-state index in [1.807, 2.05) is 4.90 Å². The molecule has 1 aliphatic carbocycles. The van der Waals surface area contributed by atoms with E-state index in [2.05, 4.69) is 4.90 Å². The molecule has 0 bridgehead atoms. The van der Waals surface area contributed by atoms with Gasteiger partial charge in [0.15, 0.2) is 0 Å². The summed E-state index contributed by atoms with van der Waals surface area (Å²) in [5, 5.41) is 0.